The van der Waals surface area contributed by atoms with Crippen LogP contribution in [0.4, 0.5) is 0 Å². The Hall–Kier alpha value is -3.18. The van der Waals surface area contributed by atoms with Crippen molar-refractivity contribution in [3.8, 4) is 11.6 Å². The van der Waals surface area contributed by atoms with Gasteiger partial charge in [0.15, 0.2) is 0 Å². The van der Waals surface area contributed by atoms with Crippen molar-refractivity contribution in [2.45, 2.75) is 6.04 Å². The summed E-state index contributed by atoms with van der Waals surface area (Å²) < 4.78 is 5.65. The molecule has 0 saturated carbocycles. The molecule has 0 spiro atoms. The molecule has 138 valence electrons. The first-order valence-electron chi connectivity index (χ1n) is 8.82. The molecule has 27 heavy (non-hydrogen) atoms. The molecule has 5 nitrogen and oxygen atoms in total. The van der Waals surface area contributed by atoms with Gasteiger partial charge in [-0.05, 0) is 37.9 Å². The lowest BCUT2D eigenvalue weighted by molar-refractivity contribution is 0.0941. The first-order valence-corrected chi connectivity index (χ1v) is 8.82. The van der Waals surface area contributed by atoms with Gasteiger partial charge in [0.2, 0.25) is 5.88 Å². The van der Waals surface area contributed by atoms with Gasteiger partial charge >= 0.3 is 0 Å². The summed E-state index contributed by atoms with van der Waals surface area (Å²) >= 11 is 0. The van der Waals surface area contributed by atoms with Crippen LogP contribution in [-0.4, -0.2) is 36.4 Å². The number of rotatable bonds is 7. The van der Waals surface area contributed by atoms with E-state index in [4.69, 9.17) is 4.74 Å². The summed E-state index contributed by atoms with van der Waals surface area (Å²) in [4.78, 5) is 18.8. The Morgan fingerprint density at radius 2 is 1.67 bits per heavy atom. The van der Waals surface area contributed by atoms with Crippen LogP contribution in [0.5, 0.6) is 11.6 Å². The maximum Gasteiger partial charge on any atom is 0.252 e. The molecule has 0 aliphatic heterocycles. The number of para-hydroxylation sites is 1. The van der Waals surface area contributed by atoms with Gasteiger partial charge in [-0.25, -0.2) is 4.98 Å². The number of carbonyl (C=O) groups excluding carboxylic acids is 1. The van der Waals surface area contributed by atoms with E-state index in [-0.39, 0.29) is 11.9 Å². The van der Waals surface area contributed by atoms with Crippen molar-refractivity contribution < 1.29 is 9.53 Å². The van der Waals surface area contributed by atoms with Crippen LogP contribution in [0.2, 0.25) is 0 Å². The quantitative estimate of drug-likeness (QED) is 0.693. The first-order chi connectivity index (χ1) is 13.1. The maximum absolute atomic E-state index is 12.5. The Morgan fingerprint density at radius 3 is 2.26 bits per heavy atom. The molecule has 0 bridgehead atoms. The first kappa shape index (κ1) is 18.6. The number of ether oxygens (including phenoxy) is 1. The van der Waals surface area contributed by atoms with Gasteiger partial charge in [0.25, 0.3) is 5.91 Å². The van der Waals surface area contributed by atoms with E-state index in [2.05, 4.69) is 27.3 Å². The minimum atomic E-state index is -0.156. The number of hydrogen-bond acceptors (Lipinski definition) is 4. The van der Waals surface area contributed by atoms with Crippen molar-refractivity contribution >= 4 is 5.91 Å². The third kappa shape index (κ3) is 5.15. The van der Waals surface area contributed by atoms with Gasteiger partial charge in [-0.3, -0.25) is 4.79 Å². The lowest BCUT2D eigenvalue weighted by atomic mass is 10.1. The molecule has 2 aromatic carbocycles. The number of hydrogen-bond donors (Lipinski definition) is 1. The van der Waals surface area contributed by atoms with E-state index in [0.29, 0.717) is 23.7 Å². The molecule has 0 fully saturated rings. The number of carbonyl (C=O) groups is 1. The molecule has 1 amide bonds. The van der Waals surface area contributed by atoms with Crippen LogP contribution in [0.15, 0.2) is 79.0 Å². The monoisotopic (exact) mass is 361 g/mol. The van der Waals surface area contributed by atoms with Crippen molar-refractivity contribution in [2.75, 3.05) is 20.6 Å². The molecule has 5 heteroatoms. The molecule has 0 aliphatic carbocycles. The normalized spacial score (nSPS) is 11.8. The number of nitrogens with zero attached hydrogens (tertiary/aromatic N) is 2. The molecule has 3 aromatic rings. The lowest BCUT2D eigenvalue weighted by Gasteiger charge is -2.25. The number of nitrogens with one attached hydrogen (secondary N) is 1. The third-order valence-electron chi connectivity index (χ3n) is 4.23. The summed E-state index contributed by atoms with van der Waals surface area (Å²) in [6.07, 6.45) is 1.53. The fourth-order valence-electron chi connectivity index (χ4n) is 2.75. The SMILES string of the molecule is CN(C)C(CNC(=O)c1ccc(Oc2ccccc2)nc1)c1ccccc1. The van der Waals surface area contributed by atoms with E-state index in [0.717, 1.165) is 5.56 Å². The second kappa shape index (κ2) is 8.96. The fourth-order valence-corrected chi connectivity index (χ4v) is 2.75. The number of likely N-dealkylation sites (N-methyl/N-ethyl adjacent to an activating group) is 1. The van der Waals surface area contributed by atoms with E-state index >= 15 is 0 Å². The van der Waals surface area contributed by atoms with Crippen LogP contribution in [0.1, 0.15) is 22.0 Å². The second-order valence-corrected chi connectivity index (χ2v) is 6.40. The van der Waals surface area contributed by atoms with Gasteiger partial charge < -0.3 is 15.0 Å². The Morgan fingerprint density at radius 1 is 1.00 bits per heavy atom. The van der Waals surface area contributed by atoms with E-state index in [9.17, 15) is 4.79 Å². The topological polar surface area (TPSA) is 54.5 Å². The molecule has 0 aliphatic rings. The van der Waals surface area contributed by atoms with Crippen LogP contribution in [-0.2, 0) is 0 Å². The number of pyridine rings is 1. The number of amides is 1. The summed E-state index contributed by atoms with van der Waals surface area (Å²) in [6, 6.07) is 23.1. The average Bonchev–Trinajstić information content (AvgIpc) is 2.70. The van der Waals surface area contributed by atoms with Crippen LogP contribution < -0.4 is 10.1 Å². The lowest BCUT2D eigenvalue weighted by Crippen LogP contribution is -2.34. The Bertz CT molecular complexity index is 850. The highest BCUT2D eigenvalue weighted by atomic mass is 16.5. The summed E-state index contributed by atoms with van der Waals surface area (Å²) in [5, 5.41) is 2.99. The van der Waals surface area contributed by atoms with Crippen molar-refractivity contribution in [3.63, 3.8) is 0 Å². The zero-order chi connectivity index (χ0) is 19.1. The van der Waals surface area contributed by atoms with E-state index < -0.39 is 0 Å². The fraction of sp³-hybridized carbons (Fsp3) is 0.182. The standard InChI is InChI=1S/C22H23N3O2/c1-25(2)20(17-9-5-3-6-10-17)16-24-22(26)18-13-14-21(23-15-18)27-19-11-7-4-8-12-19/h3-15,20H,16H2,1-2H3,(H,24,26). The number of aromatic nitrogens is 1. The van der Waals surface area contributed by atoms with E-state index in [1.165, 1.54) is 6.20 Å². The van der Waals surface area contributed by atoms with Crippen molar-refractivity contribution in [3.05, 3.63) is 90.1 Å². The van der Waals surface area contributed by atoms with Crippen LogP contribution in [0.25, 0.3) is 0 Å². The maximum atomic E-state index is 12.5. The molecule has 1 aromatic heterocycles. The second-order valence-electron chi connectivity index (χ2n) is 6.40. The average molecular weight is 361 g/mol. The summed E-state index contributed by atoms with van der Waals surface area (Å²) in [5.41, 5.74) is 1.66. The van der Waals surface area contributed by atoms with Gasteiger partial charge in [0, 0.05) is 18.8 Å². The highest BCUT2D eigenvalue weighted by Gasteiger charge is 2.15. The minimum Gasteiger partial charge on any atom is -0.439 e. The summed E-state index contributed by atoms with van der Waals surface area (Å²) in [6.45, 7) is 0.512. The molecule has 1 atom stereocenters. The predicted octanol–water partition coefficient (Wildman–Crippen LogP) is 3.91. The molecule has 1 heterocycles. The van der Waals surface area contributed by atoms with Crippen molar-refractivity contribution in [1.29, 1.82) is 0 Å². The van der Waals surface area contributed by atoms with Gasteiger partial charge in [-0.2, -0.15) is 0 Å². The highest BCUT2D eigenvalue weighted by molar-refractivity contribution is 5.93. The largest absolute Gasteiger partial charge is 0.439 e. The van der Waals surface area contributed by atoms with Gasteiger partial charge in [0.1, 0.15) is 5.75 Å². The van der Waals surface area contributed by atoms with Gasteiger partial charge in [0.05, 0.1) is 11.6 Å². The zero-order valence-corrected chi connectivity index (χ0v) is 15.5. The molecule has 1 unspecified atom stereocenters. The zero-order valence-electron chi connectivity index (χ0n) is 15.5. The van der Waals surface area contributed by atoms with Crippen LogP contribution in [0.3, 0.4) is 0 Å². The predicted molar refractivity (Wildman–Crippen MR) is 106 cm³/mol. The molecule has 0 saturated heterocycles. The van der Waals surface area contributed by atoms with E-state index in [1.807, 2.05) is 62.6 Å². The molecular formula is C22H23N3O2. The summed E-state index contributed by atoms with van der Waals surface area (Å²) in [5.74, 6) is 1.00. The van der Waals surface area contributed by atoms with Gasteiger partial charge in [-0.1, -0.05) is 48.5 Å². The van der Waals surface area contributed by atoms with E-state index in [1.54, 1.807) is 12.1 Å². The third-order valence-corrected chi connectivity index (χ3v) is 4.23. The Kier molecular flexibility index (Phi) is 6.18. The van der Waals surface area contributed by atoms with Gasteiger partial charge in [-0.15, -0.1) is 0 Å². The van der Waals surface area contributed by atoms with Crippen molar-refractivity contribution in [2.24, 2.45) is 0 Å². The smallest absolute Gasteiger partial charge is 0.252 e. The number of benzene rings is 2. The molecule has 0 radical (unpaired) electrons. The highest BCUT2D eigenvalue weighted by Crippen LogP contribution is 2.19. The van der Waals surface area contributed by atoms with Crippen LogP contribution in [0, 0.1) is 0 Å². The Labute approximate surface area is 159 Å². The Balaban J connectivity index is 1.60. The summed E-state index contributed by atoms with van der Waals surface area (Å²) in [7, 11) is 4.00. The molecular weight excluding hydrogens is 338 g/mol. The molecule has 3 rings (SSSR count). The van der Waals surface area contributed by atoms with Crippen molar-refractivity contribution in [1.82, 2.24) is 15.2 Å². The minimum absolute atomic E-state index is 0.101. The molecule has 1 N–H and O–H groups in total. The van der Waals surface area contributed by atoms with Crippen LogP contribution >= 0.6 is 0 Å².